The number of fused-ring (bicyclic) bond motifs is 3. The quantitative estimate of drug-likeness (QED) is 0.231. The number of aromatic nitrogens is 3. The second-order valence-corrected chi connectivity index (χ2v) is 9.72. The van der Waals surface area contributed by atoms with Crippen LogP contribution in [0.2, 0.25) is 5.02 Å². The second-order valence-electron chi connectivity index (χ2n) is 9.29. The summed E-state index contributed by atoms with van der Waals surface area (Å²) in [6.07, 6.45) is 0.0719. The summed E-state index contributed by atoms with van der Waals surface area (Å²) in [5.41, 5.74) is 2.83. The zero-order valence-corrected chi connectivity index (χ0v) is 23.0. The molecule has 1 aliphatic heterocycles. The van der Waals surface area contributed by atoms with Gasteiger partial charge in [0.2, 0.25) is 5.91 Å². The largest absolute Gasteiger partial charge is 0.504 e. The monoisotopic (exact) mass is 574 g/mol. The van der Waals surface area contributed by atoms with Gasteiger partial charge in [-0.2, -0.15) is 0 Å². The normalized spacial score (nSPS) is 13.8. The zero-order valence-electron chi connectivity index (χ0n) is 22.3. The molecule has 5 rings (SSSR count). The first kappa shape index (κ1) is 27.7. The molecule has 0 fully saturated rings. The minimum atomic E-state index is -0.619. The van der Waals surface area contributed by atoms with Crippen molar-refractivity contribution >= 4 is 34.8 Å². The SMILES string of the molecule is CCNC(=O)C[C@@H]1N=C(c2ccc(Cl)cc2)c2cc(OCC(=O)Nc3cccc(O)c3O)ccc2-n2c(C)nnc21. The number of para-hydroxylation sites is 1. The van der Waals surface area contributed by atoms with Crippen LogP contribution >= 0.6 is 11.6 Å². The molecule has 210 valence electrons. The van der Waals surface area contributed by atoms with Gasteiger partial charge in [0.15, 0.2) is 23.9 Å². The maximum Gasteiger partial charge on any atom is 0.262 e. The highest BCUT2D eigenvalue weighted by atomic mass is 35.5. The molecule has 1 aromatic heterocycles. The minimum absolute atomic E-state index is 0.0615. The zero-order chi connectivity index (χ0) is 29.1. The van der Waals surface area contributed by atoms with Crippen LogP contribution in [0.25, 0.3) is 5.69 Å². The number of hydrogen-bond donors (Lipinski definition) is 4. The van der Waals surface area contributed by atoms with E-state index in [0.29, 0.717) is 40.2 Å². The van der Waals surface area contributed by atoms with Crippen LogP contribution in [0.5, 0.6) is 17.2 Å². The Morgan fingerprint density at radius 2 is 1.83 bits per heavy atom. The molecule has 2 amide bonds. The highest BCUT2D eigenvalue weighted by Crippen LogP contribution is 2.35. The fraction of sp³-hybridized carbons (Fsp3) is 0.207. The lowest BCUT2D eigenvalue weighted by Crippen LogP contribution is -2.25. The Bertz CT molecular complexity index is 1650. The van der Waals surface area contributed by atoms with Crippen molar-refractivity contribution in [2.24, 2.45) is 4.99 Å². The summed E-state index contributed by atoms with van der Waals surface area (Å²) in [6.45, 7) is 3.80. The molecule has 2 heterocycles. The maximum absolute atomic E-state index is 12.6. The van der Waals surface area contributed by atoms with Crippen molar-refractivity contribution in [2.75, 3.05) is 18.5 Å². The van der Waals surface area contributed by atoms with E-state index in [-0.39, 0.29) is 30.4 Å². The van der Waals surface area contributed by atoms with E-state index in [1.807, 2.05) is 36.6 Å². The lowest BCUT2D eigenvalue weighted by Gasteiger charge is -2.15. The number of hydrogen-bond acceptors (Lipinski definition) is 8. The van der Waals surface area contributed by atoms with Crippen molar-refractivity contribution in [3.05, 3.63) is 88.5 Å². The van der Waals surface area contributed by atoms with E-state index < -0.39 is 17.7 Å². The number of aryl methyl sites for hydroxylation is 1. The van der Waals surface area contributed by atoms with Crippen LogP contribution in [0.3, 0.4) is 0 Å². The number of anilines is 1. The van der Waals surface area contributed by atoms with Gasteiger partial charge in [-0.25, -0.2) is 0 Å². The first-order valence-electron chi connectivity index (χ1n) is 12.9. The molecule has 12 heteroatoms. The van der Waals surface area contributed by atoms with Gasteiger partial charge >= 0.3 is 0 Å². The summed E-state index contributed by atoms with van der Waals surface area (Å²) in [5, 5.41) is 34.2. The van der Waals surface area contributed by atoms with Crippen LogP contribution in [0.1, 0.15) is 42.2 Å². The molecule has 0 aliphatic carbocycles. The van der Waals surface area contributed by atoms with E-state index in [1.165, 1.54) is 18.2 Å². The average molecular weight is 575 g/mol. The van der Waals surface area contributed by atoms with Gasteiger partial charge in [-0.3, -0.25) is 19.1 Å². The van der Waals surface area contributed by atoms with Crippen molar-refractivity contribution in [1.82, 2.24) is 20.1 Å². The molecule has 0 saturated carbocycles. The number of carbonyl (C=O) groups excluding carboxylic acids is 2. The molecule has 0 bridgehead atoms. The number of carbonyl (C=O) groups is 2. The molecule has 3 aromatic carbocycles. The molecule has 0 saturated heterocycles. The van der Waals surface area contributed by atoms with Crippen molar-refractivity contribution in [3.63, 3.8) is 0 Å². The second kappa shape index (κ2) is 11.7. The Labute approximate surface area is 240 Å². The van der Waals surface area contributed by atoms with Crippen LogP contribution in [-0.4, -0.2) is 55.7 Å². The molecule has 1 aliphatic rings. The van der Waals surface area contributed by atoms with E-state index in [1.54, 1.807) is 24.3 Å². The smallest absolute Gasteiger partial charge is 0.262 e. The molecule has 11 nitrogen and oxygen atoms in total. The number of benzene rings is 3. The van der Waals surface area contributed by atoms with Crippen LogP contribution in [-0.2, 0) is 9.59 Å². The molecular formula is C29H27ClN6O5. The number of rotatable bonds is 8. The van der Waals surface area contributed by atoms with E-state index in [0.717, 1.165) is 11.3 Å². The number of phenols is 2. The fourth-order valence-electron chi connectivity index (χ4n) is 4.55. The lowest BCUT2D eigenvalue weighted by molar-refractivity contribution is -0.121. The molecule has 0 unspecified atom stereocenters. The number of aliphatic imine (C=N–C) groups is 1. The molecule has 0 radical (unpaired) electrons. The van der Waals surface area contributed by atoms with Gasteiger partial charge in [0.25, 0.3) is 5.91 Å². The Balaban J connectivity index is 1.51. The summed E-state index contributed by atoms with van der Waals surface area (Å²) in [7, 11) is 0. The number of aromatic hydroxyl groups is 2. The third kappa shape index (κ3) is 5.85. The third-order valence-corrected chi connectivity index (χ3v) is 6.68. The van der Waals surface area contributed by atoms with E-state index >= 15 is 0 Å². The first-order chi connectivity index (χ1) is 19.7. The molecule has 1 atom stereocenters. The number of phenolic OH excluding ortho intramolecular Hbond substituents is 2. The number of nitrogens with one attached hydrogen (secondary N) is 2. The van der Waals surface area contributed by atoms with Gasteiger partial charge in [-0.05, 0) is 56.3 Å². The average Bonchev–Trinajstić information content (AvgIpc) is 3.27. The van der Waals surface area contributed by atoms with Crippen molar-refractivity contribution in [2.45, 2.75) is 26.3 Å². The predicted molar refractivity (Wildman–Crippen MR) is 153 cm³/mol. The number of halogens is 1. The van der Waals surface area contributed by atoms with Gasteiger partial charge in [0.05, 0.1) is 23.5 Å². The molecule has 41 heavy (non-hydrogen) atoms. The summed E-state index contributed by atoms with van der Waals surface area (Å²) < 4.78 is 7.67. The highest BCUT2D eigenvalue weighted by Gasteiger charge is 2.30. The summed E-state index contributed by atoms with van der Waals surface area (Å²) >= 11 is 6.16. The Morgan fingerprint density at radius 1 is 1.05 bits per heavy atom. The molecular weight excluding hydrogens is 548 g/mol. The van der Waals surface area contributed by atoms with Gasteiger partial charge < -0.3 is 25.6 Å². The van der Waals surface area contributed by atoms with Crippen LogP contribution < -0.4 is 15.4 Å². The summed E-state index contributed by atoms with van der Waals surface area (Å²) in [4.78, 5) is 30.2. The van der Waals surface area contributed by atoms with Crippen LogP contribution in [0.4, 0.5) is 5.69 Å². The highest BCUT2D eigenvalue weighted by molar-refractivity contribution is 6.30. The van der Waals surface area contributed by atoms with Crippen molar-refractivity contribution < 1.29 is 24.5 Å². The lowest BCUT2D eigenvalue weighted by atomic mass is 10.00. The van der Waals surface area contributed by atoms with Gasteiger partial charge in [0, 0.05) is 22.7 Å². The van der Waals surface area contributed by atoms with E-state index in [2.05, 4.69) is 20.8 Å². The Morgan fingerprint density at radius 3 is 2.59 bits per heavy atom. The number of nitrogens with zero attached hydrogens (tertiary/aromatic N) is 4. The van der Waals surface area contributed by atoms with Crippen LogP contribution in [0, 0.1) is 6.92 Å². The van der Waals surface area contributed by atoms with Crippen molar-refractivity contribution in [3.8, 4) is 22.9 Å². The molecule has 4 N–H and O–H groups in total. The fourth-order valence-corrected chi connectivity index (χ4v) is 4.68. The standard InChI is InChI=1S/C29H27ClN6O5/c1-3-31-25(38)14-22-29-35-34-16(2)36(29)23-12-11-19(13-20(23)27(33-22)17-7-9-18(30)10-8-17)41-15-26(39)32-21-5-4-6-24(37)28(21)40/h4-13,22,37,40H,3,14-15H2,1-2H3,(H,31,38)(H,32,39)/t22-/m0/s1. The molecule has 4 aromatic rings. The van der Waals surface area contributed by atoms with Gasteiger partial charge in [-0.15, -0.1) is 10.2 Å². The van der Waals surface area contributed by atoms with Gasteiger partial charge in [-0.1, -0.05) is 29.8 Å². The summed E-state index contributed by atoms with van der Waals surface area (Å²) in [5.74, 6) is 0.0467. The minimum Gasteiger partial charge on any atom is -0.504 e. The number of amides is 2. The van der Waals surface area contributed by atoms with Gasteiger partial charge in [0.1, 0.15) is 17.6 Å². The number of ether oxygens (including phenoxy) is 1. The third-order valence-electron chi connectivity index (χ3n) is 6.43. The maximum atomic E-state index is 12.6. The Hall–Kier alpha value is -4.90. The first-order valence-corrected chi connectivity index (χ1v) is 13.2. The van der Waals surface area contributed by atoms with Crippen molar-refractivity contribution in [1.29, 1.82) is 0 Å². The summed E-state index contributed by atoms with van der Waals surface area (Å²) in [6, 6.07) is 16.1. The predicted octanol–water partition coefficient (Wildman–Crippen LogP) is 4.08. The van der Waals surface area contributed by atoms with E-state index in [9.17, 15) is 19.8 Å². The van der Waals surface area contributed by atoms with E-state index in [4.69, 9.17) is 21.3 Å². The topological polar surface area (TPSA) is 151 Å². The van der Waals surface area contributed by atoms with Crippen LogP contribution in [0.15, 0.2) is 65.7 Å². The molecule has 0 spiro atoms. The Kier molecular flexibility index (Phi) is 7.88.